The molecule has 0 unspecified atom stereocenters. The Morgan fingerprint density at radius 1 is 1.19 bits per heavy atom. The van der Waals surface area contributed by atoms with E-state index in [1.165, 1.54) is 13.3 Å². The van der Waals surface area contributed by atoms with Crippen molar-refractivity contribution >= 4 is 17.3 Å². The monoisotopic (exact) mass is 288 g/mol. The van der Waals surface area contributed by atoms with E-state index >= 15 is 0 Å². The molecule has 110 valence electrons. The quantitative estimate of drug-likeness (QED) is 0.571. The molecule has 0 saturated carbocycles. The third-order valence-corrected chi connectivity index (χ3v) is 2.82. The van der Waals surface area contributed by atoms with Crippen LogP contribution < -0.4 is 26.1 Å². The molecule has 21 heavy (non-hydrogen) atoms. The topological polar surface area (TPSA) is 98.5 Å². The Labute approximate surface area is 122 Å². The van der Waals surface area contributed by atoms with Crippen LogP contribution in [0.2, 0.25) is 0 Å². The minimum absolute atomic E-state index is 0.263. The lowest BCUT2D eigenvalue weighted by atomic mass is 10.2. The second-order valence-electron chi connectivity index (χ2n) is 4.10. The normalized spacial score (nSPS) is 9.86. The summed E-state index contributed by atoms with van der Waals surface area (Å²) in [6, 6.07) is 8.35. The predicted molar refractivity (Wildman–Crippen MR) is 79.5 cm³/mol. The lowest BCUT2D eigenvalue weighted by molar-refractivity contribution is 0.102. The molecule has 0 aliphatic heterocycles. The number of hydrazine groups is 1. The minimum Gasteiger partial charge on any atom is -0.497 e. The zero-order valence-corrected chi connectivity index (χ0v) is 11.7. The van der Waals surface area contributed by atoms with E-state index in [9.17, 15) is 4.79 Å². The van der Waals surface area contributed by atoms with Crippen molar-refractivity contribution in [3.63, 3.8) is 0 Å². The summed E-state index contributed by atoms with van der Waals surface area (Å²) in [7, 11) is 3.07. The first-order valence-corrected chi connectivity index (χ1v) is 6.14. The van der Waals surface area contributed by atoms with Crippen molar-refractivity contribution in [1.82, 2.24) is 4.98 Å². The summed E-state index contributed by atoms with van der Waals surface area (Å²) in [5.41, 5.74) is 3.83. The summed E-state index contributed by atoms with van der Waals surface area (Å²) in [6.45, 7) is 0. The van der Waals surface area contributed by atoms with E-state index in [-0.39, 0.29) is 11.6 Å². The number of amides is 1. The zero-order chi connectivity index (χ0) is 15.2. The van der Waals surface area contributed by atoms with Crippen LogP contribution in [0, 0.1) is 0 Å². The van der Waals surface area contributed by atoms with Crippen LogP contribution in [-0.2, 0) is 0 Å². The Morgan fingerprint density at radius 3 is 2.57 bits per heavy atom. The lowest BCUT2D eigenvalue weighted by Crippen LogP contribution is -2.15. The summed E-state index contributed by atoms with van der Waals surface area (Å²) in [5, 5.41) is 2.73. The molecule has 2 rings (SSSR count). The van der Waals surface area contributed by atoms with Crippen LogP contribution in [0.15, 0.2) is 36.5 Å². The summed E-state index contributed by atoms with van der Waals surface area (Å²) >= 11 is 0. The number of nitrogens with two attached hydrogens (primary N) is 1. The van der Waals surface area contributed by atoms with E-state index in [2.05, 4.69) is 15.7 Å². The molecule has 1 heterocycles. The number of benzene rings is 1. The number of rotatable bonds is 5. The van der Waals surface area contributed by atoms with Crippen LogP contribution >= 0.6 is 0 Å². The molecule has 0 radical (unpaired) electrons. The fourth-order valence-electron chi connectivity index (χ4n) is 1.71. The maximum Gasteiger partial charge on any atom is 0.274 e. The number of nitrogens with zero attached hydrogens (tertiary/aromatic N) is 1. The third kappa shape index (κ3) is 3.40. The number of aromatic nitrogens is 1. The molecule has 7 nitrogen and oxygen atoms in total. The van der Waals surface area contributed by atoms with Gasteiger partial charge in [0.1, 0.15) is 17.2 Å². The molecule has 0 atom stereocenters. The predicted octanol–water partition coefficient (Wildman–Crippen LogP) is 1.64. The largest absolute Gasteiger partial charge is 0.497 e. The lowest BCUT2D eigenvalue weighted by Gasteiger charge is -2.11. The highest BCUT2D eigenvalue weighted by Crippen LogP contribution is 2.29. The summed E-state index contributed by atoms with van der Waals surface area (Å²) in [6.07, 6.45) is 1.47. The van der Waals surface area contributed by atoms with Gasteiger partial charge in [0.15, 0.2) is 0 Å². The number of ether oxygens (including phenoxy) is 2. The van der Waals surface area contributed by atoms with E-state index in [0.717, 1.165) is 0 Å². The van der Waals surface area contributed by atoms with E-state index in [0.29, 0.717) is 22.9 Å². The fraction of sp³-hybridized carbons (Fsp3) is 0.143. The van der Waals surface area contributed by atoms with Gasteiger partial charge in [-0.05, 0) is 24.3 Å². The number of anilines is 2. The summed E-state index contributed by atoms with van der Waals surface area (Å²) < 4.78 is 10.3. The molecular formula is C14H16N4O3. The fourth-order valence-corrected chi connectivity index (χ4v) is 1.71. The molecule has 4 N–H and O–H groups in total. The van der Waals surface area contributed by atoms with Gasteiger partial charge in [-0.15, -0.1) is 0 Å². The Kier molecular flexibility index (Phi) is 4.57. The van der Waals surface area contributed by atoms with Gasteiger partial charge in [-0.1, -0.05) is 0 Å². The van der Waals surface area contributed by atoms with Gasteiger partial charge in [0.25, 0.3) is 5.91 Å². The first kappa shape index (κ1) is 14.6. The van der Waals surface area contributed by atoms with Crippen LogP contribution in [-0.4, -0.2) is 25.1 Å². The van der Waals surface area contributed by atoms with Crippen molar-refractivity contribution < 1.29 is 14.3 Å². The molecule has 7 heteroatoms. The molecule has 0 spiro atoms. The molecular weight excluding hydrogens is 272 g/mol. The Balaban J connectivity index is 2.21. The van der Waals surface area contributed by atoms with Crippen LogP contribution in [0.3, 0.4) is 0 Å². The van der Waals surface area contributed by atoms with Crippen LogP contribution in [0.25, 0.3) is 0 Å². The van der Waals surface area contributed by atoms with Gasteiger partial charge in [-0.3, -0.25) is 10.6 Å². The first-order chi connectivity index (χ1) is 10.2. The van der Waals surface area contributed by atoms with Crippen molar-refractivity contribution in [2.24, 2.45) is 5.84 Å². The number of carbonyl (C=O) groups is 1. The number of carbonyl (C=O) groups excluding carboxylic acids is 1. The van der Waals surface area contributed by atoms with Crippen LogP contribution in [0.4, 0.5) is 11.4 Å². The molecule has 1 amide bonds. The van der Waals surface area contributed by atoms with Crippen molar-refractivity contribution in [1.29, 1.82) is 0 Å². The average molecular weight is 288 g/mol. The van der Waals surface area contributed by atoms with Crippen LogP contribution in [0.5, 0.6) is 11.5 Å². The standard InChI is InChI=1S/C14H16N4O3/c1-20-10-4-6-13(21-2)12(7-10)17-14(19)11-5-3-9(18-15)8-16-11/h3-8,18H,15H2,1-2H3,(H,17,19). The van der Waals surface area contributed by atoms with E-state index in [1.54, 1.807) is 37.4 Å². The van der Waals surface area contributed by atoms with Gasteiger partial charge >= 0.3 is 0 Å². The zero-order valence-electron chi connectivity index (χ0n) is 11.7. The number of hydrogen-bond acceptors (Lipinski definition) is 6. The molecule has 0 bridgehead atoms. The second kappa shape index (κ2) is 6.58. The highest BCUT2D eigenvalue weighted by molar-refractivity contribution is 6.03. The molecule has 1 aromatic heterocycles. The van der Waals surface area contributed by atoms with Crippen LogP contribution in [0.1, 0.15) is 10.5 Å². The number of nitrogens with one attached hydrogen (secondary N) is 2. The highest BCUT2D eigenvalue weighted by atomic mass is 16.5. The van der Waals surface area contributed by atoms with Gasteiger partial charge < -0.3 is 20.2 Å². The number of nitrogen functional groups attached to an aromatic ring is 1. The van der Waals surface area contributed by atoms with Gasteiger partial charge in [0.05, 0.1) is 31.8 Å². The smallest absolute Gasteiger partial charge is 0.274 e. The number of hydrogen-bond donors (Lipinski definition) is 3. The first-order valence-electron chi connectivity index (χ1n) is 6.14. The average Bonchev–Trinajstić information content (AvgIpc) is 2.54. The van der Waals surface area contributed by atoms with Crippen molar-refractivity contribution in [2.75, 3.05) is 25.0 Å². The van der Waals surface area contributed by atoms with Gasteiger partial charge in [-0.25, -0.2) is 4.98 Å². The maximum atomic E-state index is 12.2. The molecule has 0 fully saturated rings. The van der Waals surface area contributed by atoms with Gasteiger partial charge in [0, 0.05) is 6.07 Å². The molecule has 2 aromatic rings. The van der Waals surface area contributed by atoms with Gasteiger partial charge in [-0.2, -0.15) is 0 Å². The Morgan fingerprint density at radius 2 is 2.00 bits per heavy atom. The number of pyridine rings is 1. The Bertz CT molecular complexity index is 629. The SMILES string of the molecule is COc1ccc(OC)c(NC(=O)c2ccc(NN)cn2)c1. The van der Waals surface area contributed by atoms with Gasteiger partial charge in [0.2, 0.25) is 0 Å². The van der Waals surface area contributed by atoms with Crippen molar-refractivity contribution in [3.05, 3.63) is 42.2 Å². The maximum absolute atomic E-state index is 12.2. The van der Waals surface area contributed by atoms with E-state index < -0.39 is 0 Å². The summed E-state index contributed by atoms with van der Waals surface area (Å²) in [4.78, 5) is 16.2. The minimum atomic E-state index is -0.356. The molecule has 1 aromatic carbocycles. The summed E-state index contributed by atoms with van der Waals surface area (Å²) in [5.74, 6) is 6.04. The number of methoxy groups -OCH3 is 2. The highest BCUT2D eigenvalue weighted by Gasteiger charge is 2.12. The molecule has 0 aliphatic rings. The third-order valence-electron chi connectivity index (χ3n) is 2.82. The molecule has 0 saturated heterocycles. The van der Waals surface area contributed by atoms with E-state index in [1.807, 2.05) is 0 Å². The Hall–Kier alpha value is -2.80. The van der Waals surface area contributed by atoms with Crippen molar-refractivity contribution in [3.8, 4) is 11.5 Å². The molecule has 0 aliphatic carbocycles. The van der Waals surface area contributed by atoms with Crippen molar-refractivity contribution in [2.45, 2.75) is 0 Å². The van der Waals surface area contributed by atoms with E-state index in [4.69, 9.17) is 15.3 Å². The second-order valence-corrected chi connectivity index (χ2v) is 4.10.